The van der Waals surface area contributed by atoms with Gasteiger partial charge in [-0.15, -0.1) is 12.4 Å². The lowest BCUT2D eigenvalue weighted by Crippen LogP contribution is -2.54. The van der Waals surface area contributed by atoms with Crippen LogP contribution in [0.15, 0.2) is 36.9 Å². The zero-order chi connectivity index (χ0) is 16.3. The zero-order valence-corrected chi connectivity index (χ0v) is 14.9. The molecule has 132 valence electrons. The third-order valence-electron chi connectivity index (χ3n) is 4.66. The van der Waals surface area contributed by atoms with E-state index in [4.69, 9.17) is 9.47 Å². The molecule has 0 aromatic heterocycles. The second-order valence-corrected chi connectivity index (χ2v) is 6.18. The molecule has 1 spiro atoms. The molecule has 2 fully saturated rings. The van der Waals surface area contributed by atoms with Crippen molar-refractivity contribution in [3.8, 4) is 5.75 Å². The number of nitrogens with zero attached hydrogens (tertiary/aromatic N) is 2. The predicted octanol–water partition coefficient (Wildman–Crippen LogP) is 2.57. The van der Waals surface area contributed by atoms with E-state index in [1.165, 1.54) is 0 Å². The zero-order valence-electron chi connectivity index (χ0n) is 14.1. The van der Waals surface area contributed by atoms with Crippen molar-refractivity contribution in [1.82, 2.24) is 9.80 Å². The topological polar surface area (TPSA) is 42.0 Å². The molecular formula is C18H25ClN2O3. The van der Waals surface area contributed by atoms with Crippen molar-refractivity contribution in [2.45, 2.75) is 18.6 Å². The number of likely N-dealkylation sites (tertiary alicyclic amines) is 1. The summed E-state index contributed by atoms with van der Waals surface area (Å²) >= 11 is 0. The molecule has 0 N–H and O–H groups in total. The van der Waals surface area contributed by atoms with Crippen LogP contribution in [0.1, 0.15) is 23.2 Å². The third kappa shape index (κ3) is 3.74. The maximum Gasteiger partial charge on any atom is 0.256 e. The predicted molar refractivity (Wildman–Crippen MR) is 95.8 cm³/mol. The molecule has 6 heteroatoms. The lowest BCUT2D eigenvalue weighted by atomic mass is 9.98. The van der Waals surface area contributed by atoms with Gasteiger partial charge in [-0.25, -0.2) is 0 Å². The number of carbonyl (C=O) groups is 1. The van der Waals surface area contributed by atoms with Crippen LogP contribution in [-0.2, 0) is 4.74 Å². The molecule has 2 aliphatic rings. The van der Waals surface area contributed by atoms with E-state index in [1.807, 2.05) is 29.2 Å². The number of benzene rings is 1. The Bertz CT molecular complexity index is 568. The van der Waals surface area contributed by atoms with Crippen molar-refractivity contribution in [3.05, 3.63) is 42.5 Å². The minimum atomic E-state index is -0.415. The van der Waals surface area contributed by atoms with Gasteiger partial charge >= 0.3 is 0 Å². The first-order valence-corrected chi connectivity index (χ1v) is 8.13. The number of hydrogen-bond acceptors (Lipinski definition) is 4. The van der Waals surface area contributed by atoms with Crippen LogP contribution in [0, 0.1) is 0 Å². The van der Waals surface area contributed by atoms with E-state index in [0.29, 0.717) is 25.3 Å². The van der Waals surface area contributed by atoms with Gasteiger partial charge in [-0.2, -0.15) is 0 Å². The fourth-order valence-corrected chi connectivity index (χ4v) is 3.28. The van der Waals surface area contributed by atoms with Crippen LogP contribution >= 0.6 is 12.4 Å². The molecule has 0 bridgehead atoms. The molecule has 1 amide bonds. The third-order valence-corrected chi connectivity index (χ3v) is 4.66. The van der Waals surface area contributed by atoms with E-state index in [-0.39, 0.29) is 18.3 Å². The standard InChI is InChI=1S/C18H24N2O3.ClH/c1-3-13-22-16-6-4-15(5-7-16)17(21)20-12-14-23-18(20)8-10-19(2)11-9-18;/h3-7H,1,8-14H2,2H3;1H. The molecule has 2 heterocycles. The lowest BCUT2D eigenvalue weighted by molar-refractivity contribution is -0.102. The smallest absolute Gasteiger partial charge is 0.256 e. The fraction of sp³-hybridized carbons (Fsp3) is 0.500. The highest BCUT2D eigenvalue weighted by Crippen LogP contribution is 2.35. The Labute approximate surface area is 149 Å². The molecule has 24 heavy (non-hydrogen) atoms. The maximum atomic E-state index is 12.9. The molecule has 0 unspecified atom stereocenters. The highest BCUT2D eigenvalue weighted by atomic mass is 35.5. The molecule has 1 aromatic carbocycles. The number of amides is 1. The van der Waals surface area contributed by atoms with Gasteiger partial charge in [0.05, 0.1) is 6.61 Å². The Morgan fingerprint density at radius 3 is 2.58 bits per heavy atom. The monoisotopic (exact) mass is 352 g/mol. The van der Waals surface area contributed by atoms with Gasteiger partial charge in [0.15, 0.2) is 0 Å². The van der Waals surface area contributed by atoms with Gasteiger partial charge in [-0.05, 0) is 31.3 Å². The minimum Gasteiger partial charge on any atom is -0.490 e. The summed E-state index contributed by atoms with van der Waals surface area (Å²) in [6.07, 6.45) is 3.44. The van der Waals surface area contributed by atoms with E-state index >= 15 is 0 Å². The first-order valence-electron chi connectivity index (χ1n) is 8.13. The van der Waals surface area contributed by atoms with Crippen LogP contribution in [0.5, 0.6) is 5.75 Å². The number of carbonyl (C=O) groups excluding carboxylic acids is 1. The van der Waals surface area contributed by atoms with Gasteiger partial charge in [-0.1, -0.05) is 12.7 Å². The first-order chi connectivity index (χ1) is 11.1. The minimum absolute atomic E-state index is 0. The summed E-state index contributed by atoms with van der Waals surface area (Å²) in [5, 5.41) is 0. The SMILES string of the molecule is C=CCOc1ccc(C(=O)N2CCOC23CCN(C)CC3)cc1.Cl. The van der Waals surface area contributed by atoms with E-state index in [0.717, 1.165) is 31.7 Å². The summed E-state index contributed by atoms with van der Waals surface area (Å²) < 4.78 is 11.5. The summed E-state index contributed by atoms with van der Waals surface area (Å²) in [6, 6.07) is 7.30. The molecule has 0 aliphatic carbocycles. The van der Waals surface area contributed by atoms with Gasteiger partial charge in [0.1, 0.15) is 18.1 Å². The van der Waals surface area contributed by atoms with Crippen molar-refractivity contribution in [2.24, 2.45) is 0 Å². The Kier molecular flexibility index (Phi) is 6.27. The maximum absolute atomic E-state index is 12.9. The molecule has 1 aromatic rings. The van der Waals surface area contributed by atoms with Gasteiger partial charge in [0.2, 0.25) is 0 Å². The van der Waals surface area contributed by atoms with E-state index in [1.54, 1.807) is 6.08 Å². The van der Waals surface area contributed by atoms with Crippen LogP contribution < -0.4 is 4.74 Å². The van der Waals surface area contributed by atoms with Crippen LogP contribution in [0.25, 0.3) is 0 Å². The molecule has 2 aliphatic heterocycles. The Hall–Kier alpha value is -1.56. The number of rotatable bonds is 4. The second kappa shape index (κ2) is 8.01. The van der Waals surface area contributed by atoms with Gasteiger partial charge in [-0.3, -0.25) is 4.79 Å². The van der Waals surface area contributed by atoms with Crippen LogP contribution in [0.4, 0.5) is 0 Å². The van der Waals surface area contributed by atoms with Gasteiger partial charge in [0.25, 0.3) is 5.91 Å². The number of ether oxygens (including phenoxy) is 2. The normalized spacial score (nSPS) is 19.8. The molecule has 3 rings (SSSR count). The van der Waals surface area contributed by atoms with Crippen molar-refractivity contribution < 1.29 is 14.3 Å². The highest BCUT2D eigenvalue weighted by molar-refractivity contribution is 5.95. The quantitative estimate of drug-likeness (QED) is 0.781. The van der Waals surface area contributed by atoms with E-state index in [2.05, 4.69) is 18.5 Å². The van der Waals surface area contributed by atoms with Crippen molar-refractivity contribution in [3.63, 3.8) is 0 Å². The summed E-state index contributed by atoms with van der Waals surface area (Å²) in [7, 11) is 2.11. The highest BCUT2D eigenvalue weighted by Gasteiger charge is 2.46. The molecular weight excluding hydrogens is 328 g/mol. The Morgan fingerprint density at radius 1 is 1.29 bits per heavy atom. The fourth-order valence-electron chi connectivity index (χ4n) is 3.28. The molecule has 0 radical (unpaired) electrons. The van der Waals surface area contributed by atoms with Crippen LogP contribution in [0.3, 0.4) is 0 Å². The average Bonchev–Trinajstić information content (AvgIpc) is 2.99. The van der Waals surface area contributed by atoms with Crippen LogP contribution in [0.2, 0.25) is 0 Å². The number of piperidine rings is 1. The Balaban J connectivity index is 0.00000208. The second-order valence-electron chi connectivity index (χ2n) is 6.18. The molecule has 0 atom stereocenters. The van der Waals surface area contributed by atoms with E-state index in [9.17, 15) is 4.79 Å². The number of halogens is 1. The van der Waals surface area contributed by atoms with Gasteiger partial charge in [0, 0.05) is 38.0 Å². The van der Waals surface area contributed by atoms with Crippen molar-refractivity contribution in [2.75, 3.05) is 39.9 Å². The molecule has 2 saturated heterocycles. The van der Waals surface area contributed by atoms with Crippen molar-refractivity contribution >= 4 is 18.3 Å². The average molecular weight is 353 g/mol. The number of hydrogen-bond donors (Lipinski definition) is 0. The van der Waals surface area contributed by atoms with E-state index < -0.39 is 5.72 Å². The first kappa shape index (κ1) is 18.8. The van der Waals surface area contributed by atoms with Gasteiger partial charge < -0.3 is 19.3 Å². The largest absolute Gasteiger partial charge is 0.490 e. The van der Waals surface area contributed by atoms with Crippen molar-refractivity contribution in [1.29, 1.82) is 0 Å². The Morgan fingerprint density at radius 2 is 1.96 bits per heavy atom. The molecule has 0 saturated carbocycles. The lowest BCUT2D eigenvalue weighted by Gasteiger charge is -2.42. The summed E-state index contributed by atoms with van der Waals surface area (Å²) in [4.78, 5) is 17.1. The van der Waals surface area contributed by atoms with Crippen LogP contribution in [-0.4, -0.2) is 61.3 Å². The summed E-state index contributed by atoms with van der Waals surface area (Å²) in [6.45, 7) is 7.28. The molecule has 5 nitrogen and oxygen atoms in total. The summed E-state index contributed by atoms with van der Waals surface area (Å²) in [5.41, 5.74) is 0.265. The summed E-state index contributed by atoms with van der Waals surface area (Å²) in [5.74, 6) is 0.787.